The molecule has 1 fully saturated rings. The van der Waals surface area contributed by atoms with E-state index in [-0.39, 0.29) is 22.0 Å². The van der Waals surface area contributed by atoms with Crippen LogP contribution in [-0.2, 0) is 9.30 Å². The number of aliphatic hydroxyl groups excluding tert-OH is 1. The highest BCUT2D eigenvalue weighted by molar-refractivity contribution is 7.80. The van der Waals surface area contributed by atoms with Crippen molar-refractivity contribution in [3.63, 3.8) is 0 Å². The normalized spacial score (nSPS) is 17.1. The number of phenolic OH excluding ortho intramolecular Hbond substituents is 1. The van der Waals surface area contributed by atoms with E-state index in [1.165, 1.54) is 24.3 Å². The summed E-state index contributed by atoms with van der Waals surface area (Å²) in [4.78, 5) is 20.8. The van der Waals surface area contributed by atoms with Crippen molar-refractivity contribution in [2.24, 2.45) is 0 Å². The third-order valence-electron chi connectivity index (χ3n) is 8.20. The minimum Gasteiger partial charge on any atom is -0.508 e. The summed E-state index contributed by atoms with van der Waals surface area (Å²) in [5.41, 5.74) is 5.34. The van der Waals surface area contributed by atoms with Crippen molar-refractivity contribution >= 4 is 36.0 Å². The fourth-order valence-electron chi connectivity index (χ4n) is 5.79. The third-order valence-corrected chi connectivity index (χ3v) is 9.46. The van der Waals surface area contributed by atoms with Gasteiger partial charge >= 0.3 is 7.60 Å². The van der Waals surface area contributed by atoms with Crippen molar-refractivity contribution in [1.29, 1.82) is 0 Å². The lowest BCUT2D eigenvalue weighted by Crippen LogP contribution is -2.29. The van der Waals surface area contributed by atoms with Crippen LogP contribution in [0.2, 0.25) is 0 Å². The summed E-state index contributed by atoms with van der Waals surface area (Å²) in [5.74, 6) is -0.393. The smallest absolute Gasteiger partial charge is 0.356 e. The summed E-state index contributed by atoms with van der Waals surface area (Å²) in [5, 5.41) is 22.4. The predicted molar refractivity (Wildman–Crippen MR) is 180 cm³/mol. The number of hydrogen-bond donors (Lipinski definition) is 4. The van der Waals surface area contributed by atoms with Gasteiger partial charge in [0.1, 0.15) is 23.7 Å². The first-order chi connectivity index (χ1) is 22.1. The molecule has 0 aliphatic carbocycles. The van der Waals surface area contributed by atoms with Gasteiger partial charge in [0, 0.05) is 11.3 Å². The van der Waals surface area contributed by atoms with Crippen molar-refractivity contribution in [3.8, 4) is 28.0 Å². The molecule has 0 amide bonds. The molecule has 1 aliphatic heterocycles. The van der Waals surface area contributed by atoms with Gasteiger partial charge in [-0.3, -0.25) is 9.46 Å². The second kappa shape index (κ2) is 13.2. The summed E-state index contributed by atoms with van der Waals surface area (Å²) in [6.45, 7) is 0. The maximum absolute atomic E-state index is 13.5. The number of benzene rings is 5. The Balaban J connectivity index is 1.32. The zero-order valence-electron chi connectivity index (χ0n) is 24.5. The molecule has 10 heteroatoms. The molecule has 0 saturated carbocycles. The zero-order valence-corrected chi connectivity index (χ0v) is 26.2. The van der Waals surface area contributed by atoms with Gasteiger partial charge in [-0.05, 0) is 95.3 Å². The van der Waals surface area contributed by atoms with Crippen LogP contribution in [0.15, 0.2) is 121 Å². The molecule has 5 aromatic carbocycles. The number of nitrogens with zero attached hydrogens (tertiary/aromatic N) is 1. The lowest BCUT2D eigenvalue weighted by Gasteiger charge is -2.27. The molecular formula is C36H31FNO6PS. The molecule has 234 valence electrons. The fourth-order valence-corrected chi connectivity index (χ4v) is 6.67. The van der Waals surface area contributed by atoms with E-state index < -0.39 is 25.8 Å². The average molecular weight is 656 g/mol. The van der Waals surface area contributed by atoms with Gasteiger partial charge < -0.3 is 24.7 Å². The number of thiocarbonyl (C=S) groups is 1. The molecule has 0 spiro atoms. The number of rotatable bonds is 9. The highest BCUT2D eigenvalue weighted by Crippen LogP contribution is 2.44. The Kier molecular flexibility index (Phi) is 9.04. The molecule has 1 aliphatic rings. The Labute approximate surface area is 271 Å². The minimum atomic E-state index is -4.38. The van der Waals surface area contributed by atoms with Gasteiger partial charge in [-0.1, -0.05) is 78.9 Å². The van der Waals surface area contributed by atoms with E-state index in [9.17, 15) is 29.0 Å². The molecule has 5 aromatic rings. The number of aromatic hydroxyl groups is 1. The molecule has 3 atom stereocenters. The number of anilines is 1. The van der Waals surface area contributed by atoms with Crippen LogP contribution in [0.4, 0.5) is 10.1 Å². The van der Waals surface area contributed by atoms with Crippen molar-refractivity contribution in [2.75, 3.05) is 4.90 Å². The molecule has 0 aromatic heterocycles. The van der Waals surface area contributed by atoms with Gasteiger partial charge in [0.25, 0.3) is 5.17 Å². The second-order valence-electron chi connectivity index (χ2n) is 11.2. The molecule has 6 rings (SSSR count). The Morgan fingerprint density at radius 3 is 2.02 bits per heavy atom. The maximum Gasteiger partial charge on any atom is 0.356 e. The topological polar surface area (TPSA) is 110 Å². The SMILES string of the molecule is O=P(O)(O)c1ccc(-c2ccc(C3C(CCC(O)c4ccc(F)cc4)OC(=S)N3c3ccc(-c4ccccc4)cc3)c(O)c2)cc1. The largest absolute Gasteiger partial charge is 0.508 e. The van der Waals surface area contributed by atoms with E-state index in [1.807, 2.05) is 65.6 Å². The van der Waals surface area contributed by atoms with E-state index in [0.717, 1.165) is 16.8 Å². The Hall–Kier alpha value is -4.37. The molecule has 46 heavy (non-hydrogen) atoms. The van der Waals surface area contributed by atoms with Crippen LogP contribution in [0.5, 0.6) is 5.75 Å². The first-order valence-electron chi connectivity index (χ1n) is 14.7. The summed E-state index contributed by atoms with van der Waals surface area (Å²) in [6, 6.07) is 34.2. The van der Waals surface area contributed by atoms with Crippen LogP contribution in [0.25, 0.3) is 22.3 Å². The van der Waals surface area contributed by atoms with Gasteiger partial charge in [-0.15, -0.1) is 0 Å². The monoisotopic (exact) mass is 655 g/mol. The zero-order chi connectivity index (χ0) is 32.4. The summed E-state index contributed by atoms with van der Waals surface area (Å²) >= 11 is 5.73. The number of halogens is 1. The molecule has 1 saturated heterocycles. The number of phenols is 1. The average Bonchev–Trinajstić information content (AvgIpc) is 3.39. The van der Waals surface area contributed by atoms with Gasteiger partial charge in [0.05, 0.1) is 11.4 Å². The van der Waals surface area contributed by atoms with Gasteiger partial charge in [-0.2, -0.15) is 0 Å². The highest BCUT2D eigenvalue weighted by Gasteiger charge is 2.42. The van der Waals surface area contributed by atoms with E-state index in [1.54, 1.807) is 36.4 Å². The molecule has 0 bridgehead atoms. The van der Waals surface area contributed by atoms with Crippen molar-refractivity contribution in [2.45, 2.75) is 31.1 Å². The quantitative estimate of drug-likeness (QED) is 0.0960. The predicted octanol–water partition coefficient (Wildman–Crippen LogP) is 7.41. The summed E-state index contributed by atoms with van der Waals surface area (Å²) in [7, 11) is -4.38. The Morgan fingerprint density at radius 2 is 1.39 bits per heavy atom. The minimum absolute atomic E-state index is 0.00940. The first kappa shape index (κ1) is 31.6. The second-order valence-corrected chi connectivity index (χ2v) is 13.1. The van der Waals surface area contributed by atoms with Crippen LogP contribution in [-0.4, -0.2) is 31.3 Å². The lowest BCUT2D eigenvalue weighted by molar-refractivity contribution is 0.126. The summed E-state index contributed by atoms with van der Waals surface area (Å²) < 4.78 is 31.3. The molecular weight excluding hydrogens is 624 g/mol. The molecule has 3 unspecified atom stereocenters. The van der Waals surface area contributed by atoms with E-state index in [2.05, 4.69) is 0 Å². The number of hydrogen-bond acceptors (Lipinski definition) is 5. The highest BCUT2D eigenvalue weighted by atomic mass is 32.1. The number of ether oxygens (including phenoxy) is 1. The van der Waals surface area contributed by atoms with Gasteiger partial charge in [-0.25, -0.2) is 4.39 Å². The van der Waals surface area contributed by atoms with E-state index in [0.29, 0.717) is 35.1 Å². The van der Waals surface area contributed by atoms with Gasteiger partial charge in [0.15, 0.2) is 0 Å². The van der Waals surface area contributed by atoms with Crippen LogP contribution in [0.3, 0.4) is 0 Å². The molecule has 1 heterocycles. The summed E-state index contributed by atoms with van der Waals surface area (Å²) in [6.07, 6.45) is -0.700. The first-order valence-corrected chi connectivity index (χ1v) is 16.7. The fraction of sp³-hybridized carbons (Fsp3) is 0.139. The Morgan fingerprint density at radius 1 is 0.804 bits per heavy atom. The number of aliphatic hydroxyl groups is 1. The lowest BCUT2D eigenvalue weighted by atomic mass is 9.92. The van der Waals surface area contributed by atoms with Crippen molar-refractivity contribution in [3.05, 3.63) is 138 Å². The molecule has 0 radical (unpaired) electrons. The third kappa shape index (κ3) is 6.75. The van der Waals surface area contributed by atoms with Crippen molar-refractivity contribution < 1.29 is 33.7 Å². The molecule has 4 N–H and O–H groups in total. The van der Waals surface area contributed by atoms with E-state index >= 15 is 0 Å². The standard InChI is InChI=1S/C36H31FNO6PS/c37-28-13-6-26(7-14-28)32(39)20-21-34-35(31-19-12-27(22-33(31)40)25-10-17-30(18-11-25)45(41,42)43)38(36(46)44-34)29-15-8-24(9-16-29)23-4-2-1-3-5-23/h1-19,22,32,34-35,39-40H,20-21H2,(H2,41,42,43). The maximum atomic E-state index is 13.5. The van der Waals surface area contributed by atoms with Crippen LogP contribution in [0, 0.1) is 5.82 Å². The van der Waals surface area contributed by atoms with Crippen LogP contribution >= 0.6 is 19.8 Å². The van der Waals surface area contributed by atoms with Gasteiger partial charge in [0.2, 0.25) is 0 Å². The van der Waals surface area contributed by atoms with Crippen molar-refractivity contribution in [1.82, 2.24) is 0 Å². The van der Waals surface area contributed by atoms with Crippen LogP contribution in [0.1, 0.15) is 36.1 Å². The Bertz CT molecular complexity index is 1880. The van der Waals surface area contributed by atoms with Crippen LogP contribution < -0.4 is 10.2 Å². The van der Waals surface area contributed by atoms with E-state index in [4.69, 9.17) is 17.0 Å². The molecule has 7 nitrogen and oxygen atoms in total.